The van der Waals surface area contributed by atoms with Gasteiger partial charge in [0.1, 0.15) is 10.7 Å². The highest BCUT2D eigenvalue weighted by Crippen LogP contribution is 2.25. The summed E-state index contributed by atoms with van der Waals surface area (Å²) in [5, 5.41) is 2.85. The van der Waals surface area contributed by atoms with Crippen LogP contribution in [-0.4, -0.2) is 28.3 Å². The zero-order chi connectivity index (χ0) is 13.7. The van der Waals surface area contributed by atoms with Crippen LogP contribution in [0.3, 0.4) is 0 Å². The molecule has 0 aliphatic carbocycles. The van der Waals surface area contributed by atoms with E-state index >= 15 is 0 Å². The van der Waals surface area contributed by atoms with Gasteiger partial charge in [-0.3, -0.25) is 4.79 Å². The average molecular weight is 298 g/mol. The van der Waals surface area contributed by atoms with Gasteiger partial charge in [0.25, 0.3) is 0 Å². The zero-order valence-electron chi connectivity index (χ0n) is 10.4. The summed E-state index contributed by atoms with van der Waals surface area (Å²) in [6.07, 6.45) is 0. The predicted molar refractivity (Wildman–Crippen MR) is 78.0 cm³/mol. The number of thioether (sulfide) groups is 1. The minimum Gasteiger partial charge on any atom is -0.465 e. The van der Waals surface area contributed by atoms with E-state index in [-0.39, 0.29) is 5.97 Å². The van der Waals surface area contributed by atoms with Crippen LogP contribution in [0.25, 0.3) is 10.2 Å². The lowest BCUT2D eigenvalue weighted by Gasteiger charge is -2.05. The fourth-order valence-corrected chi connectivity index (χ4v) is 2.95. The van der Waals surface area contributed by atoms with Crippen LogP contribution in [0.15, 0.2) is 11.4 Å². The van der Waals surface area contributed by atoms with Crippen LogP contribution in [0, 0.1) is 0 Å². The van der Waals surface area contributed by atoms with Crippen molar-refractivity contribution in [3.8, 4) is 0 Å². The summed E-state index contributed by atoms with van der Waals surface area (Å²) < 4.78 is 4.85. The van der Waals surface area contributed by atoms with Gasteiger partial charge in [-0.05, 0) is 18.4 Å². The Kier molecular flexibility index (Phi) is 4.94. The number of aromatic nitrogens is 2. The van der Waals surface area contributed by atoms with Gasteiger partial charge in [-0.25, -0.2) is 15.8 Å². The Morgan fingerprint density at radius 3 is 3.16 bits per heavy atom. The van der Waals surface area contributed by atoms with Gasteiger partial charge in [0.15, 0.2) is 5.82 Å². The number of anilines is 1. The zero-order valence-corrected chi connectivity index (χ0v) is 12.0. The van der Waals surface area contributed by atoms with E-state index in [0.29, 0.717) is 29.8 Å². The first-order valence-electron chi connectivity index (χ1n) is 5.68. The first-order valence-corrected chi connectivity index (χ1v) is 7.72. The van der Waals surface area contributed by atoms with Gasteiger partial charge < -0.3 is 10.2 Å². The summed E-state index contributed by atoms with van der Waals surface area (Å²) in [4.78, 5) is 20.8. The molecule has 0 saturated carbocycles. The molecule has 0 radical (unpaired) electrons. The Balaban J connectivity index is 2.02. The number of ether oxygens (including phenoxy) is 1. The molecule has 8 heteroatoms. The minimum absolute atomic E-state index is 0.220. The lowest BCUT2D eigenvalue weighted by molar-refractivity contribution is -0.139. The van der Waals surface area contributed by atoms with Crippen LogP contribution in [-0.2, 0) is 15.3 Å². The SMILES string of the molecule is CCOC(=O)CSCc1nc(NN)c2ccsc2n1. The van der Waals surface area contributed by atoms with Crippen LogP contribution in [0.1, 0.15) is 12.7 Å². The number of carbonyl (C=O) groups excluding carboxylic acids is 1. The molecule has 0 atom stereocenters. The second-order valence-electron chi connectivity index (χ2n) is 3.57. The third kappa shape index (κ3) is 3.55. The van der Waals surface area contributed by atoms with Crippen LogP contribution < -0.4 is 11.3 Å². The number of thiophene rings is 1. The Morgan fingerprint density at radius 1 is 1.58 bits per heavy atom. The first kappa shape index (κ1) is 14.0. The number of nitrogens with one attached hydrogen (secondary N) is 1. The number of hydrogen-bond acceptors (Lipinski definition) is 8. The number of hydrogen-bond donors (Lipinski definition) is 2. The maximum Gasteiger partial charge on any atom is 0.315 e. The number of rotatable bonds is 6. The van der Waals surface area contributed by atoms with Gasteiger partial charge in [0.2, 0.25) is 0 Å². The van der Waals surface area contributed by atoms with E-state index in [1.54, 1.807) is 6.92 Å². The molecule has 0 unspecified atom stereocenters. The molecule has 0 bridgehead atoms. The van der Waals surface area contributed by atoms with Crippen molar-refractivity contribution in [1.29, 1.82) is 0 Å². The Bertz CT molecular complexity index is 573. The molecule has 2 heterocycles. The standard InChI is InChI=1S/C11H14N4O2S2/c1-2-17-9(16)6-18-5-8-13-10(15-12)7-3-4-19-11(7)14-8/h3-4H,2,5-6,12H2,1H3,(H,13,14,15). The monoisotopic (exact) mass is 298 g/mol. The normalized spacial score (nSPS) is 10.6. The summed E-state index contributed by atoms with van der Waals surface area (Å²) in [6, 6.07) is 1.92. The summed E-state index contributed by atoms with van der Waals surface area (Å²) >= 11 is 2.95. The predicted octanol–water partition coefficient (Wildman–Crippen LogP) is 1.77. The van der Waals surface area contributed by atoms with E-state index in [2.05, 4.69) is 15.4 Å². The number of carbonyl (C=O) groups is 1. The first-order chi connectivity index (χ1) is 9.24. The van der Waals surface area contributed by atoms with Crippen molar-refractivity contribution in [2.75, 3.05) is 17.8 Å². The minimum atomic E-state index is -0.220. The van der Waals surface area contributed by atoms with Gasteiger partial charge in [0, 0.05) is 0 Å². The molecule has 0 aliphatic rings. The third-order valence-electron chi connectivity index (χ3n) is 2.26. The number of fused-ring (bicyclic) bond motifs is 1. The van der Waals surface area contributed by atoms with E-state index in [1.165, 1.54) is 23.1 Å². The van der Waals surface area contributed by atoms with Gasteiger partial charge >= 0.3 is 5.97 Å². The van der Waals surface area contributed by atoms with Gasteiger partial charge in [0.05, 0.1) is 23.5 Å². The second-order valence-corrected chi connectivity index (χ2v) is 5.45. The molecule has 0 amide bonds. The topological polar surface area (TPSA) is 90.1 Å². The van der Waals surface area contributed by atoms with E-state index in [0.717, 1.165) is 10.2 Å². The smallest absolute Gasteiger partial charge is 0.315 e. The molecule has 0 saturated heterocycles. The Morgan fingerprint density at radius 2 is 2.42 bits per heavy atom. The molecule has 2 rings (SSSR count). The molecule has 0 aromatic carbocycles. The Hall–Kier alpha value is -1.38. The number of nitrogens with zero attached hydrogens (tertiary/aromatic N) is 2. The summed E-state index contributed by atoms with van der Waals surface area (Å²) in [7, 11) is 0. The second kappa shape index (κ2) is 6.69. The van der Waals surface area contributed by atoms with Crippen molar-refractivity contribution in [1.82, 2.24) is 9.97 Å². The van der Waals surface area contributed by atoms with Crippen LogP contribution in [0.5, 0.6) is 0 Å². The van der Waals surface area contributed by atoms with E-state index < -0.39 is 0 Å². The molecular formula is C11H14N4O2S2. The molecule has 3 N–H and O–H groups in total. The number of hydrazine groups is 1. The quantitative estimate of drug-likeness (QED) is 0.477. The van der Waals surface area contributed by atoms with Crippen LogP contribution in [0.4, 0.5) is 5.82 Å². The summed E-state index contributed by atoms with van der Waals surface area (Å²) in [5.74, 6) is 7.32. The van der Waals surface area contributed by atoms with Crippen molar-refractivity contribution < 1.29 is 9.53 Å². The molecule has 6 nitrogen and oxygen atoms in total. The summed E-state index contributed by atoms with van der Waals surface area (Å²) in [5.41, 5.74) is 2.57. The molecule has 0 spiro atoms. The lowest BCUT2D eigenvalue weighted by Crippen LogP contribution is -2.11. The van der Waals surface area contributed by atoms with Crippen molar-refractivity contribution in [3.63, 3.8) is 0 Å². The fourth-order valence-electron chi connectivity index (χ4n) is 1.50. The molecule has 0 fully saturated rings. The van der Waals surface area contributed by atoms with E-state index in [9.17, 15) is 4.79 Å². The number of nitrogen functional groups attached to an aromatic ring is 1. The molecule has 2 aromatic rings. The molecule has 2 aromatic heterocycles. The van der Waals surface area contributed by atoms with Gasteiger partial charge in [-0.1, -0.05) is 0 Å². The van der Waals surface area contributed by atoms with Crippen molar-refractivity contribution in [2.45, 2.75) is 12.7 Å². The van der Waals surface area contributed by atoms with Gasteiger partial charge in [-0.15, -0.1) is 23.1 Å². The van der Waals surface area contributed by atoms with Crippen molar-refractivity contribution >= 4 is 45.1 Å². The lowest BCUT2D eigenvalue weighted by atomic mass is 10.4. The van der Waals surface area contributed by atoms with Gasteiger partial charge in [-0.2, -0.15) is 0 Å². The fraction of sp³-hybridized carbons (Fsp3) is 0.364. The molecule has 102 valence electrons. The van der Waals surface area contributed by atoms with E-state index in [4.69, 9.17) is 10.6 Å². The average Bonchev–Trinajstić information content (AvgIpc) is 2.86. The highest BCUT2D eigenvalue weighted by atomic mass is 32.2. The Labute approximate surface area is 118 Å². The highest BCUT2D eigenvalue weighted by Gasteiger charge is 2.09. The summed E-state index contributed by atoms with van der Waals surface area (Å²) in [6.45, 7) is 2.19. The third-order valence-corrected chi connectivity index (χ3v) is 3.97. The maximum absolute atomic E-state index is 11.2. The van der Waals surface area contributed by atoms with E-state index in [1.807, 2.05) is 11.4 Å². The van der Waals surface area contributed by atoms with Crippen LogP contribution in [0.2, 0.25) is 0 Å². The van der Waals surface area contributed by atoms with Crippen LogP contribution >= 0.6 is 23.1 Å². The number of esters is 1. The molecule has 0 aliphatic heterocycles. The van der Waals surface area contributed by atoms with Crippen molar-refractivity contribution in [2.24, 2.45) is 5.84 Å². The number of nitrogens with two attached hydrogens (primary N) is 1. The van der Waals surface area contributed by atoms with Crippen molar-refractivity contribution in [3.05, 3.63) is 17.3 Å². The largest absolute Gasteiger partial charge is 0.465 e. The molecular weight excluding hydrogens is 284 g/mol. The highest BCUT2D eigenvalue weighted by molar-refractivity contribution is 7.99. The molecule has 19 heavy (non-hydrogen) atoms. The maximum atomic E-state index is 11.2.